The number of carbonyl (C=O) groups excluding carboxylic acids is 2. The molecule has 3 aromatic rings. The first-order chi connectivity index (χ1) is 14.6. The molecule has 154 valence electrons. The Kier molecular flexibility index (Phi) is 7.44. The molecule has 0 radical (unpaired) electrons. The zero-order valence-electron chi connectivity index (χ0n) is 16.7. The lowest BCUT2D eigenvalue weighted by atomic mass is 10.1. The van der Waals surface area contributed by atoms with Gasteiger partial charge in [0.25, 0.3) is 5.91 Å². The van der Waals surface area contributed by atoms with Gasteiger partial charge >= 0.3 is 5.97 Å². The Hall–Kier alpha value is -3.80. The van der Waals surface area contributed by atoms with Crippen LogP contribution in [0.4, 0.5) is 5.69 Å². The van der Waals surface area contributed by atoms with Crippen LogP contribution in [0.1, 0.15) is 11.1 Å². The number of nitrogens with one attached hydrogen (secondary N) is 1. The van der Waals surface area contributed by atoms with Crippen LogP contribution >= 0.6 is 0 Å². The Balaban J connectivity index is 1.42. The van der Waals surface area contributed by atoms with Crippen LogP contribution in [0.15, 0.2) is 78.9 Å². The van der Waals surface area contributed by atoms with E-state index in [1.807, 2.05) is 30.3 Å². The van der Waals surface area contributed by atoms with Gasteiger partial charge in [0.2, 0.25) is 0 Å². The fourth-order valence-corrected chi connectivity index (χ4v) is 2.66. The second-order valence-electron chi connectivity index (χ2n) is 6.53. The summed E-state index contributed by atoms with van der Waals surface area (Å²) in [6.45, 7) is 0.363. The van der Waals surface area contributed by atoms with Crippen molar-refractivity contribution >= 4 is 17.6 Å². The minimum absolute atomic E-state index is 0.122. The number of carbonyl (C=O) groups is 2. The molecule has 1 amide bonds. The molecule has 0 bridgehead atoms. The molecule has 0 fully saturated rings. The van der Waals surface area contributed by atoms with Crippen LogP contribution in [0, 0.1) is 0 Å². The van der Waals surface area contributed by atoms with Crippen LogP contribution in [-0.4, -0.2) is 25.6 Å². The van der Waals surface area contributed by atoms with E-state index in [9.17, 15) is 9.59 Å². The Bertz CT molecular complexity index is 953. The number of esters is 1. The van der Waals surface area contributed by atoms with E-state index in [0.29, 0.717) is 18.0 Å². The topological polar surface area (TPSA) is 73.9 Å². The van der Waals surface area contributed by atoms with Crippen molar-refractivity contribution in [1.82, 2.24) is 0 Å². The van der Waals surface area contributed by atoms with Gasteiger partial charge in [-0.2, -0.15) is 0 Å². The smallest absolute Gasteiger partial charge is 0.309 e. The Morgan fingerprint density at radius 1 is 0.767 bits per heavy atom. The summed E-state index contributed by atoms with van der Waals surface area (Å²) in [6.07, 6.45) is 0.197. The summed E-state index contributed by atoms with van der Waals surface area (Å²) >= 11 is 0. The number of amides is 1. The zero-order chi connectivity index (χ0) is 21.2. The second-order valence-corrected chi connectivity index (χ2v) is 6.53. The van der Waals surface area contributed by atoms with Crippen molar-refractivity contribution in [2.24, 2.45) is 0 Å². The number of benzene rings is 3. The molecule has 0 atom stereocenters. The summed E-state index contributed by atoms with van der Waals surface area (Å²) in [5, 5.41) is 2.78. The average Bonchev–Trinajstić information content (AvgIpc) is 2.79. The van der Waals surface area contributed by atoms with E-state index in [4.69, 9.17) is 9.47 Å². The van der Waals surface area contributed by atoms with Crippen LogP contribution in [0.3, 0.4) is 0 Å². The van der Waals surface area contributed by atoms with Gasteiger partial charge in [-0.15, -0.1) is 0 Å². The molecule has 0 aliphatic rings. The number of hydrogen-bond acceptors (Lipinski definition) is 5. The highest BCUT2D eigenvalue weighted by Gasteiger charge is 2.06. The van der Waals surface area contributed by atoms with E-state index >= 15 is 0 Å². The monoisotopic (exact) mass is 405 g/mol. The van der Waals surface area contributed by atoms with Gasteiger partial charge < -0.3 is 19.5 Å². The molecule has 0 unspecified atom stereocenters. The highest BCUT2D eigenvalue weighted by atomic mass is 16.5. The van der Waals surface area contributed by atoms with E-state index < -0.39 is 0 Å². The van der Waals surface area contributed by atoms with E-state index in [1.54, 1.807) is 48.5 Å². The second kappa shape index (κ2) is 10.7. The molecule has 1 N–H and O–H groups in total. The lowest BCUT2D eigenvalue weighted by Gasteiger charge is -2.10. The van der Waals surface area contributed by atoms with Gasteiger partial charge in [0, 0.05) is 5.69 Å². The lowest BCUT2D eigenvalue weighted by Crippen LogP contribution is -2.20. The Morgan fingerprint density at radius 2 is 1.40 bits per heavy atom. The normalized spacial score (nSPS) is 10.2. The highest BCUT2D eigenvalue weighted by Crippen LogP contribution is 2.17. The van der Waals surface area contributed by atoms with Gasteiger partial charge in [-0.3, -0.25) is 9.59 Å². The molecule has 30 heavy (non-hydrogen) atoms. The summed E-state index contributed by atoms with van der Waals surface area (Å²) in [4.78, 5) is 23.4. The van der Waals surface area contributed by atoms with Crippen LogP contribution in [0.5, 0.6) is 11.5 Å². The van der Waals surface area contributed by atoms with E-state index in [2.05, 4.69) is 10.1 Å². The fourth-order valence-electron chi connectivity index (χ4n) is 2.66. The van der Waals surface area contributed by atoms with E-state index in [-0.39, 0.29) is 24.9 Å². The Labute approximate surface area is 175 Å². The van der Waals surface area contributed by atoms with Gasteiger partial charge in [-0.05, 0) is 47.5 Å². The van der Waals surface area contributed by atoms with Crippen LogP contribution < -0.4 is 14.8 Å². The summed E-state index contributed by atoms with van der Waals surface area (Å²) in [5.41, 5.74) is 2.56. The molecule has 0 saturated heterocycles. The van der Waals surface area contributed by atoms with Gasteiger partial charge in [-0.1, -0.05) is 42.5 Å². The molecule has 0 heterocycles. The number of anilines is 1. The van der Waals surface area contributed by atoms with Crippen molar-refractivity contribution in [3.8, 4) is 11.5 Å². The van der Waals surface area contributed by atoms with Gasteiger partial charge in [0.05, 0.1) is 13.5 Å². The summed E-state index contributed by atoms with van der Waals surface area (Å²) in [5.74, 6) is 0.690. The average molecular weight is 405 g/mol. The molecule has 0 aliphatic carbocycles. The van der Waals surface area contributed by atoms with E-state index in [0.717, 1.165) is 16.9 Å². The van der Waals surface area contributed by atoms with Crippen molar-refractivity contribution in [3.63, 3.8) is 0 Å². The zero-order valence-corrected chi connectivity index (χ0v) is 16.7. The molecule has 6 nitrogen and oxygen atoms in total. The predicted molar refractivity (Wildman–Crippen MR) is 114 cm³/mol. The number of hydrogen-bond donors (Lipinski definition) is 1. The maximum atomic E-state index is 12.1. The first-order valence-electron chi connectivity index (χ1n) is 9.47. The summed E-state index contributed by atoms with van der Waals surface area (Å²) < 4.78 is 15.8. The maximum Gasteiger partial charge on any atom is 0.309 e. The van der Waals surface area contributed by atoms with Crippen LogP contribution in [-0.2, 0) is 27.4 Å². The maximum absolute atomic E-state index is 12.1. The predicted octanol–water partition coefficient (Wildman–Crippen LogP) is 4.00. The molecule has 0 aromatic heterocycles. The molecule has 3 rings (SSSR count). The van der Waals surface area contributed by atoms with Crippen molar-refractivity contribution in [2.45, 2.75) is 13.0 Å². The third-order valence-electron chi connectivity index (χ3n) is 4.26. The first kappa shape index (κ1) is 20.9. The van der Waals surface area contributed by atoms with Crippen molar-refractivity contribution in [1.29, 1.82) is 0 Å². The van der Waals surface area contributed by atoms with Crippen molar-refractivity contribution in [3.05, 3.63) is 90.0 Å². The van der Waals surface area contributed by atoms with Crippen molar-refractivity contribution < 1.29 is 23.8 Å². The minimum atomic E-state index is -0.306. The third-order valence-corrected chi connectivity index (χ3v) is 4.26. The van der Waals surface area contributed by atoms with Crippen molar-refractivity contribution in [2.75, 3.05) is 19.0 Å². The fraction of sp³-hybridized carbons (Fsp3) is 0.167. The Morgan fingerprint density at radius 3 is 2.07 bits per heavy atom. The van der Waals surface area contributed by atoms with Gasteiger partial charge in [0.1, 0.15) is 18.1 Å². The molecular weight excluding hydrogens is 382 g/mol. The molecular formula is C24H23NO5. The summed E-state index contributed by atoms with van der Waals surface area (Å²) in [6, 6.07) is 24.0. The van der Waals surface area contributed by atoms with Crippen LogP contribution in [0.2, 0.25) is 0 Å². The van der Waals surface area contributed by atoms with Gasteiger partial charge in [0.15, 0.2) is 6.61 Å². The highest BCUT2D eigenvalue weighted by molar-refractivity contribution is 5.91. The number of methoxy groups -OCH3 is 1. The van der Waals surface area contributed by atoms with Crippen LogP contribution in [0.25, 0.3) is 0 Å². The van der Waals surface area contributed by atoms with Gasteiger partial charge in [-0.25, -0.2) is 0 Å². The largest absolute Gasteiger partial charge is 0.489 e. The lowest BCUT2D eigenvalue weighted by molar-refractivity contribution is -0.139. The number of ether oxygens (including phenoxy) is 3. The third kappa shape index (κ3) is 6.67. The summed E-state index contributed by atoms with van der Waals surface area (Å²) in [7, 11) is 1.35. The molecule has 0 spiro atoms. The standard InChI is InChI=1S/C24H23NO5/c1-28-24(27)15-18-7-11-21(12-8-18)30-17-23(26)25-20-9-13-22(14-10-20)29-16-19-5-3-2-4-6-19/h2-14H,15-17H2,1H3,(H,25,26). The quantitative estimate of drug-likeness (QED) is 0.545. The SMILES string of the molecule is COC(=O)Cc1ccc(OCC(=O)Nc2ccc(OCc3ccccc3)cc2)cc1. The first-order valence-corrected chi connectivity index (χ1v) is 9.47. The van der Waals surface area contributed by atoms with E-state index in [1.165, 1.54) is 7.11 Å². The molecule has 0 saturated carbocycles. The minimum Gasteiger partial charge on any atom is -0.489 e. The molecule has 0 aliphatic heterocycles. The molecule has 3 aromatic carbocycles. The number of rotatable bonds is 9. The molecule has 6 heteroatoms.